The maximum absolute atomic E-state index is 13.4. The minimum Gasteiger partial charge on any atom is -0.396 e. The highest BCUT2D eigenvalue weighted by Crippen LogP contribution is 2.31. The van der Waals surface area contributed by atoms with E-state index in [0.717, 1.165) is 34.9 Å². The number of benzene rings is 3. The van der Waals surface area contributed by atoms with Gasteiger partial charge in [0.05, 0.1) is 19.3 Å². The number of aromatic amines is 1. The number of fused-ring (bicyclic) bond motifs is 1. The molecule has 0 bridgehead atoms. The van der Waals surface area contributed by atoms with Gasteiger partial charge in [-0.2, -0.15) is 5.06 Å². The van der Waals surface area contributed by atoms with E-state index in [9.17, 15) is 15.0 Å². The molecule has 4 aromatic rings. The number of rotatable bonds is 11. The number of carbonyl (C=O) groups is 1. The van der Waals surface area contributed by atoms with Crippen molar-refractivity contribution in [2.45, 2.75) is 57.9 Å². The predicted octanol–water partition coefficient (Wildman–Crippen LogP) is 4.09. The maximum atomic E-state index is 13.4. The summed E-state index contributed by atoms with van der Waals surface area (Å²) in [6.45, 7) is 4.30. The second-order valence-electron chi connectivity index (χ2n) is 10.9. The Morgan fingerprint density at radius 1 is 0.975 bits per heavy atom. The van der Waals surface area contributed by atoms with Crippen LogP contribution < -0.4 is 5.32 Å². The zero-order valence-corrected chi connectivity index (χ0v) is 23.2. The fraction of sp³-hybridized carbons (Fsp3) is 0.364. The fourth-order valence-electron chi connectivity index (χ4n) is 5.60. The van der Waals surface area contributed by atoms with Crippen LogP contribution in [0.1, 0.15) is 34.7 Å². The van der Waals surface area contributed by atoms with Gasteiger partial charge in [0.1, 0.15) is 12.1 Å². The molecule has 0 spiro atoms. The Morgan fingerprint density at radius 2 is 1.62 bits per heavy atom. The standard InChI is InChI=1S/C33H39N3O4/c1-22-7-9-24(10-8-22)11-12-25-13-15-26(16-14-25)20-36-31(29(21-37)32(40-36)23(2)38)33(39)34-18-17-27-19-35-30-6-4-3-5-28(27)30/h3-10,13-16,19,23,29,31-32,35,37-38H,11-12,17-18,20-21H2,1-2H3,(H,34,39)/t23-,29-,31?,32-/m1/s1. The van der Waals surface area contributed by atoms with Crippen molar-refractivity contribution in [1.82, 2.24) is 15.4 Å². The number of H-pyrrole nitrogens is 1. The molecule has 1 fully saturated rings. The first-order valence-electron chi connectivity index (χ1n) is 14.1. The van der Waals surface area contributed by atoms with Crippen molar-refractivity contribution >= 4 is 16.8 Å². The van der Waals surface area contributed by atoms with Crippen LogP contribution in [0.4, 0.5) is 0 Å². The van der Waals surface area contributed by atoms with Crippen molar-refractivity contribution in [3.05, 3.63) is 107 Å². The van der Waals surface area contributed by atoms with Gasteiger partial charge in [0.2, 0.25) is 5.91 Å². The van der Waals surface area contributed by atoms with Gasteiger partial charge in [-0.3, -0.25) is 9.63 Å². The summed E-state index contributed by atoms with van der Waals surface area (Å²) < 4.78 is 0. The van der Waals surface area contributed by atoms with Gasteiger partial charge in [-0.25, -0.2) is 0 Å². The van der Waals surface area contributed by atoms with Gasteiger partial charge < -0.3 is 20.5 Å². The lowest BCUT2D eigenvalue weighted by atomic mass is 9.92. The number of amides is 1. The number of hydrogen-bond acceptors (Lipinski definition) is 5. The van der Waals surface area contributed by atoms with Gasteiger partial charge in [-0.15, -0.1) is 0 Å². The lowest BCUT2D eigenvalue weighted by Crippen LogP contribution is -2.48. The third-order valence-electron chi connectivity index (χ3n) is 7.90. The van der Waals surface area contributed by atoms with Crippen molar-refractivity contribution < 1.29 is 19.8 Å². The van der Waals surface area contributed by atoms with Gasteiger partial charge in [-0.1, -0.05) is 72.3 Å². The number of aliphatic hydroxyl groups is 2. The summed E-state index contributed by atoms with van der Waals surface area (Å²) in [4.78, 5) is 22.8. The molecule has 1 aliphatic rings. The summed E-state index contributed by atoms with van der Waals surface area (Å²) in [6.07, 6.45) is 3.09. The minimum absolute atomic E-state index is 0.211. The molecule has 7 heteroatoms. The van der Waals surface area contributed by atoms with Gasteiger partial charge in [0, 0.05) is 29.6 Å². The first-order valence-corrected chi connectivity index (χ1v) is 14.1. The third kappa shape index (κ3) is 6.45. The number of aliphatic hydroxyl groups excluding tert-OH is 2. The van der Waals surface area contributed by atoms with E-state index in [2.05, 4.69) is 71.8 Å². The molecule has 0 aliphatic carbocycles. The molecule has 2 heterocycles. The molecule has 40 heavy (non-hydrogen) atoms. The van der Waals surface area contributed by atoms with Crippen molar-refractivity contribution in [2.24, 2.45) is 5.92 Å². The molecule has 4 N–H and O–H groups in total. The molecule has 1 saturated heterocycles. The van der Waals surface area contributed by atoms with Crippen LogP contribution in [0.25, 0.3) is 10.9 Å². The molecular weight excluding hydrogens is 502 g/mol. The van der Waals surface area contributed by atoms with Crippen LogP contribution in [0.5, 0.6) is 0 Å². The molecule has 4 atom stereocenters. The van der Waals surface area contributed by atoms with E-state index >= 15 is 0 Å². The number of aryl methyl sites for hydroxylation is 3. The zero-order valence-electron chi connectivity index (χ0n) is 23.2. The van der Waals surface area contributed by atoms with E-state index in [1.807, 2.05) is 24.4 Å². The predicted molar refractivity (Wildman–Crippen MR) is 157 cm³/mol. The highest BCUT2D eigenvalue weighted by atomic mass is 16.7. The molecule has 1 amide bonds. The van der Waals surface area contributed by atoms with Crippen LogP contribution in [-0.2, 0) is 35.4 Å². The Kier molecular flexibility index (Phi) is 8.97. The first-order chi connectivity index (χ1) is 19.4. The zero-order chi connectivity index (χ0) is 28.1. The number of nitrogens with one attached hydrogen (secondary N) is 2. The number of hydroxylamine groups is 2. The molecule has 3 aromatic carbocycles. The van der Waals surface area contributed by atoms with E-state index < -0.39 is 24.2 Å². The van der Waals surface area contributed by atoms with Crippen molar-refractivity contribution in [1.29, 1.82) is 0 Å². The summed E-state index contributed by atoms with van der Waals surface area (Å²) in [5, 5.41) is 26.3. The summed E-state index contributed by atoms with van der Waals surface area (Å²) in [6, 6.07) is 24.4. The SMILES string of the molecule is Cc1ccc(CCc2ccc(CN3O[C@H]([C@@H](C)O)[C@H](CO)C3C(=O)NCCc3c[nH]c4ccccc34)cc2)cc1. The van der Waals surface area contributed by atoms with Crippen LogP contribution in [0.15, 0.2) is 79.0 Å². The number of carbonyl (C=O) groups excluding carboxylic acids is 1. The summed E-state index contributed by atoms with van der Waals surface area (Å²) in [5.41, 5.74) is 7.03. The maximum Gasteiger partial charge on any atom is 0.240 e. The first kappa shape index (κ1) is 28.1. The second-order valence-corrected chi connectivity index (χ2v) is 10.9. The van der Waals surface area contributed by atoms with Gasteiger partial charge in [0.25, 0.3) is 0 Å². The summed E-state index contributed by atoms with van der Waals surface area (Å²) in [7, 11) is 0. The fourth-order valence-corrected chi connectivity index (χ4v) is 5.60. The largest absolute Gasteiger partial charge is 0.396 e. The van der Waals surface area contributed by atoms with Gasteiger partial charge in [0.15, 0.2) is 0 Å². The number of para-hydroxylation sites is 1. The topological polar surface area (TPSA) is 97.8 Å². The number of hydrogen-bond donors (Lipinski definition) is 4. The Balaban J connectivity index is 1.22. The smallest absolute Gasteiger partial charge is 0.240 e. The molecule has 5 rings (SSSR count). The van der Waals surface area contributed by atoms with E-state index in [4.69, 9.17) is 4.84 Å². The van der Waals surface area contributed by atoms with E-state index in [1.165, 1.54) is 16.7 Å². The third-order valence-corrected chi connectivity index (χ3v) is 7.90. The Hall–Kier alpha value is -3.49. The average Bonchev–Trinajstić information content (AvgIpc) is 3.55. The summed E-state index contributed by atoms with van der Waals surface area (Å²) >= 11 is 0. The molecule has 210 valence electrons. The molecular formula is C33H39N3O4. The van der Waals surface area contributed by atoms with Crippen LogP contribution in [0.3, 0.4) is 0 Å². The molecule has 0 saturated carbocycles. The Morgan fingerprint density at radius 3 is 2.30 bits per heavy atom. The normalized spacial score (nSPS) is 20.1. The molecule has 0 radical (unpaired) electrons. The highest BCUT2D eigenvalue weighted by Gasteiger charge is 2.48. The Labute approximate surface area is 235 Å². The quantitative estimate of drug-likeness (QED) is 0.229. The van der Waals surface area contributed by atoms with E-state index in [1.54, 1.807) is 12.0 Å². The van der Waals surface area contributed by atoms with Crippen molar-refractivity contribution in [3.63, 3.8) is 0 Å². The van der Waals surface area contributed by atoms with Crippen molar-refractivity contribution in [2.75, 3.05) is 13.2 Å². The monoisotopic (exact) mass is 541 g/mol. The Bertz CT molecular complexity index is 1400. The van der Waals surface area contributed by atoms with Crippen LogP contribution in [0.2, 0.25) is 0 Å². The van der Waals surface area contributed by atoms with Crippen LogP contribution in [0, 0.1) is 12.8 Å². The second kappa shape index (κ2) is 12.8. The molecule has 7 nitrogen and oxygen atoms in total. The average molecular weight is 542 g/mol. The van der Waals surface area contributed by atoms with Gasteiger partial charge >= 0.3 is 0 Å². The summed E-state index contributed by atoms with van der Waals surface area (Å²) in [5.74, 6) is -0.751. The minimum atomic E-state index is -0.826. The van der Waals surface area contributed by atoms with Gasteiger partial charge in [-0.05, 0) is 61.4 Å². The van der Waals surface area contributed by atoms with Crippen molar-refractivity contribution in [3.8, 4) is 0 Å². The highest BCUT2D eigenvalue weighted by molar-refractivity contribution is 5.84. The van der Waals surface area contributed by atoms with E-state index in [-0.39, 0.29) is 12.5 Å². The van der Waals surface area contributed by atoms with Crippen LogP contribution >= 0.6 is 0 Å². The lowest BCUT2D eigenvalue weighted by molar-refractivity contribution is -0.192. The van der Waals surface area contributed by atoms with E-state index in [0.29, 0.717) is 19.5 Å². The molecule has 1 unspecified atom stereocenters. The number of aromatic nitrogens is 1. The molecule has 1 aromatic heterocycles. The molecule has 1 aliphatic heterocycles. The van der Waals surface area contributed by atoms with Crippen LogP contribution in [-0.4, -0.2) is 57.6 Å². The number of nitrogens with zero attached hydrogens (tertiary/aromatic N) is 1. The lowest BCUT2D eigenvalue weighted by Gasteiger charge is -2.24.